The van der Waals surface area contributed by atoms with Crippen LogP contribution in [0, 0.1) is 6.92 Å². The van der Waals surface area contributed by atoms with Crippen molar-refractivity contribution in [2.24, 2.45) is 0 Å². The SMILES string of the molecule is CCOc1ccc2oc(C(=O)O[C@@H](C)C(=O)N[C@H]3CCS(=O)(=O)C3)c(C)c2c1. The van der Waals surface area contributed by atoms with Gasteiger partial charge in [-0.3, -0.25) is 4.79 Å². The van der Waals surface area contributed by atoms with E-state index in [0.29, 0.717) is 29.9 Å². The van der Waals surface area contributed by atoms with Crippen LogP contribution < -0.4 is 10.1 Å². The zero-order valence-electron chi connectivity index (χ0n) is 16.0. The predicted octanol–water partition coefficient (Wildman–Crippen LogP) is 1.99. The molecule has 28 heavy (non-hydrogen) atoms. The molecule has 1 N–H and O–H groups in total. The van der Waals surface area contributed by atoms with Crippen molar-refractivity contribution in [2.75, 3.05) is 18.1 Å². The number of aryl methyl sites for hydroxylation is 1. The van der Waals surface area contributed by atoms with Crippen LogP contribution in [0.5, 0.6) is 5.75 Å². The van der Waals surface area contributed by atoms with Crippen LogP contribution in [0.25, 0.3) is 11.0 Å². The molecule has 1 amide bonds. The summed E-state index contributed by atoms with van der Waals surface area (Å²) in [6, 6.07) is 4.78. The van der Waals surface area contributed by atoms with Crippen LogP contribution in [0.15, 0.2) is 22.6 Å². The number of fused-ring (bicyclic) bond motifs is 1. The molecule has 2 heterocycles. The lowest BCUT2D eigenvalue weighted by Gasteiger charge is -2.16. The Hall–Kier alpha value is -2.55. The minimum Gasteiger partial charge on any atom is -0.494 e. The average Bonchev–Trinajstić information content (AvgIpc) is 3.14. The van der Waals surface area contributed by atoms with Gasteiger partial charge in [0.1, 0.15) is 11.3 Å². The molecular formula is C19H23NO7S. The van der Waals surface area contributed by atoms with Gasteiger partial charge in [0.15, 0.2) is 15.9 Å². The first-order valence-corrected chi connectivity index (χ1v) is 10.9. The molecular weight excluding hydrogens is 386 g/mol. The Labute approximate surface area is 163 Å². The van der Waals surface area contributed by atoms with Crippen LogP contribution in [0.2, 0.25) is 0 Å². The molecule has 1 aromatic heterocycles. The number of carbonyl (C=O) groups excluding carboxylic acids is 2. The first-order chi connectivity index (χ1) is 13.2. The Bertz CT molecular complexity index is 1010. The Kier molecular flexibility index (Phi) is 5.64. The first-order valence-electron chi connectivity index (χ1n) is 9.08. The summed E-state index contributed by atoms with van der Waals surface area (Å²) in [5, 5.41) is 3.34. The van der Waals surface area contributed by atoms with Crippen LogP contribution in [-0.2, 0) is 19.4 Å². The summed E-state index contributed by atoms with van der Waals surface area (Å²) >= 11 is 0. The summed E-state index contributed by atoms with van der Waals surface area (Å²) < 4.78 is 39.2. The number of sulfone groups is 1. The van der Waals surface area contributed by atoms with Crippen LogP contribution in [0.4, 0.5) is 0 Å². The van der Waals surface area contributed by atoms with Gasteiger partial charge in [0.25, 0.3) is 5.91 Å². The van der Waals surface area contributed by atoms with E-state index in [1.807, 2.05) is 6.92 Å². The van der Waals surface area contributed by atoms with Crippen molar-refractivity contribution in [1.29, 1.82) is 0 Å². The molecule has 1 saturated heterocycles. The fraction of sp³-hybridized carbons (Fsp3) is 0.474. The molecule has 9 heteroatoms. The third-order valence-electron chi connectivity index (χ3n) is 4.64. The Morgan fingerprint density at radius 1 is 1.36 bits per heavy atom. The molecule has 0 radical (unpaired) electrons. The number of benzene rings is 1. The summed E-state index contributed by atoms with van der Waals surface area (Å²) in [5.74, 6) is -0.654. The summed E-state index contributed by atoms with van der Waals surface area (Å²) in [5.41, 5.74) is 1.11. The molecule has 0 saturated carbocycles. The monoisotopic (exact) mass is 409 g/mol. The quantitative estimate of drug-likeness (QED) is 0.726. The molecule has 0 unspecified atom stereocenters. The van der Waals surface area contributed by atoms with E-state index in [0.717, 1.165) is 5.39 Å². The first kappa shape index (κ1) is 20.2. The second-order valence-corrected chi connectivity index (χ2v) is 9.03. The molecule has 1 fully saturated rings. The van der Waals surface area contributed by atoms with Crippen LogP contribution >= 0.6 is 0 Å². The molecule has 0 bridgehead atoms. The third kappa shape index (κ3) is 4.30. The van der Waals surface area contributed by atoms with Crippen molar-refractivity contribution in [2.45, 2.75) is 39.3 Å². The normalized spacial score (nSPS) is 19.3. The number of ether oxygens (including phenoxy) is 2. The van der Waals surface area contributed by atoms with E-state index in [1.165, 1.54) is 6.92 Å². The third-order valence-corrected chi connectivity index (χ3v) is 6.40. The van der Waals surface area contributed by atoms with Crippen molar-refractivity contribution in [3.8, 4) is 5.75 Å². The molecule has 3 rings (SSSR count). The number of hydrogen-bond donors (Lipinski definition) is 1. The maximum absolute atomic E-state index is 12.5. The van der Waals surface area contributed by atoms with Gasteiger partial charge in [-0.2, -0.15) is 0 Å². The van der Waals surface area contributed by atoms with Gasteiger partial charge in [-0.15, -0.1) is 0 Å². The van der Waals surface area contributed by atoms with Crippen LogP contribution in [0.1, 0.15) is 36.4 Å². The van der Waals surface area contributed by atoms with Gasteiger partial charge in [-0.1, -0.05) is 0 Å². The fourth-order valence-corrected chi connectivity index (χ4v) is 4.82. The van der Waals surface area contributed by atoms with Gasteiger partial charge >= 0.3 is 5.97 Å². The Balaban J connectivity index is 1.68. The van der Waals surface area contributed by atoms with E-state index in [1.54, 1.807) is 25.1 Å². The lowest BCUT2D eigenvalue weighted by molar-refractivity contribution is -0.129. The largest absolute Gasteiger partial charge is 0.494 e. The average molecular weight is 409 g/mol. The summed E-state index contributed by atoms with van der Waals surface area (Å²) in [4.78, 5) is 24.7. The number of furan rings is 1. The van der Waals surface area contributed by atoms with Gasteiger partial charge in [-0.25, -0.2) is 13.2 Å². The van der Waals surface area contributed by atoms with E-state index in [4.69, 9.17) is 13.9 Å². The number of hydrogen-bond acceptors (Lipinski definition) is 7. The van der Waals surface area contributed by atoms with Gasteiger partial charge in [-0.05, 0) is 45.4 Å². The molecule has 0 aliphatic carbocycles. The summed E-state index contributed by atoms with van der Waals surface area (Å²) in [7, 11) is -3.11. The minimum absolute atomic E-state index is 0.0201. The highest BCUT2D eigenvalue weighted by atomic mass is 32.2. The van der Waals surface area contributed by atoms with Crippen molar-refractivity contribution in [1.82, 2.24) is 5.32 Å². The summed E-state index contributed by atoms with van der Waals surface area (Å²) in [6.45, 7) is 5.56. The van der Waals surface area contributed by atoms with Crippen LogP contribution in [-0.4, -0.2) is 50.6 Å². The highest BCUT2D eigenvalue weighted by molar-refractivity contribution is 7.91. The topological polar surface area (TPSA) is 112 Å². The molecule has 0 spiro atoms. The zero-order chi connectivity index (χ0) is 20.5. The highest BCUT2D eigenvalue weighted by Gasteiger charge is 2.31. The molecule has 1 aliphatic rings. The Morgan fingerprint density at radius 2 is 2.11 bits per heavy atom. The molecule has 2 aromatic rings. The van der Waals surface area contributed by atoms with Crippen molar-refractivity contribution >= 4 is 32.7 Å². The second kappa shape index (κ2) is 7.83. The summed E-state index contributed by atoms with van der Waals surface area (Å²) in [6.07, 6.45) is -0.720. The molecule has 1 aliphatic heterocycles. The number of esters is 1. The van der Waals surface area contributed by atoms with Crippen molar-refractivity contribution in [3.63, 3.8) is 0 Å². The maximum atomic E-state index is 12.5. The number of amides is 1. The number of rotatable bonds is 6. The van der Waals surface area contributed by atoms with Gasteiger partial charge in [0, 0.05) is 17.0 Å². The zero-order valence-corrected chi connectivity index (χ0v) is 16.8. The van der Waals surface area contributed by atoms with E-state index < -0.39 is 33.9 Å². The van der Waals surface area contributed by atoms with E-state index in [9.17, 15) is 18.0 Å². The van der Waals surface area contributed by atoms with Gasteiger partial charge < -0.3 is 19.2 Å². The smallest absolute Gasteiger partial charge is 0.375 e. The van der Waals surface area contributed by atoms with E-state index in [-0.39, 0.29) is 17.3 Å². The molecule has 2 atom stereocenters. The molecule has 152 valence electrons. The van der Waals surface area contributed by atoms with Gasteiger partial charge in [0.05, 0.1) is 18.1 Å². The standard InChI is InChI=1S/C19H23NO7S/c1-4-25-14-5-6-16-15(9-14)11(2)17(27-16)19(22)26-12(3)18(21)20-13-7-8-28(23,24)10-13/h5-6,9,12-13H,4,7-8,10H2,1-3H3,(H,20,21)/t12-,13-/m0/s1. The highest BCUT2D eigenvalue weighted by Crippen LogP contribution is 2.29. The fourth-order valence-electron chi connectivity index (χ4n) is 3.15. The minimum atomic E-state index is -3.11. The second-order valence-electron chi connectivity index (χ2n) is 6.80. The maximum Gasteiger partial charge on any atom is 0.375 e. The van der Waals surface area contributed by atoms with Crippen molar-refractivity contribution in [3.05, 3.63) is 29.5 Å². The lowest BCUT2D eigenvalue weighted by Crippen LogP contribution is -2.42. The predicted molar refractivity (Wildman–Crippen MR) is 102 cm³/mol. The van der Waals surface area contributed by atoms with E-state index in [2.05, 4.69) is 5.32 Å². The van der Waals surface area contributed by atoms with Gasteiger partial charge in [0.2, 0.25) is 5.76 Å². The lowest BCUT2D eigenvalue weighted by atomic mass is 10.1. The molecule has 1 aromatic carbocycles. The van der Waals surface area contributed by atoms with Crippen LogP contribution in [0.3, 0.4) is 0 Å². The Morgan fingerprint density at radius 3 is 2.75 bits per heavy atom. The molecule has 8 nitrogen and oxygen atoms in total. The number of nitrogens with one attached hydrogen (secondary N) is 1. The van der Waals surface area contributed by atoms with E-state index >= 15 is 0 Å². The van der Waals surface area contributed by atoms with Crippen molar-refractivity contribution < 1.29 is 31.9 Å². The number of carbonyl (C=O) groups is 2.